The number of furan rings is 1. The van der Waals surface area contributed by atoms with Crippen molar-refractivity contribution in [3.63, 3.8) is 0 Å². The minimum Gasteiger partial charge on any atom is -0.468 e. The first-order valence-corrected chi connectivity index (χ1v) is 11.9. The number of nitrogens with one attached hydrogen (secondary N) is 1. The topological polar surface area (TPSA) is 88.9 Å². The second-order valence-electron chi connectivity index (χ2n) is 7.41. The Morgan fingerprint density at radius 1 is 1.03 bits per heavy atom. The smallest absolute Gasteiger partial charge is 0.243 e. The molecule has 0 atom stereocenters. The summed E-state index contributed by atoms with van der Waals surface area (Å²) >= 11 is 0. The molecule has 170 valence electrons. The van der Waals surface area contributed by atoms with Crippen LogP contribution in [-0.4, -0.2) is 38.3 Å². The number of rotatable bonds is 12. The van der Waals surface area contributed by atoms with Crippen molar-refractivity contribution in [1.29, 1.82) is 0 Å². The Balaban J connectivity index is 1.52. The van der Waals surface area contributed by atoms with E-state index in [1.807, 2.05) is 37.3 Å². The maximum Gasteiger partial charge on any atom is 0.243 e. The van der Waals surface area contributed by atoms with Crippen LogP contribution >= 0.6 is 0 Å². The summed E-state index contributed by atoms with van der Waals surface area (Å²) in [6.07, 6.45) is 2.10. The Kier molecular flexibility index (Phi) is 8.61. The molecule has 0 aliphatic rings. The van der Waals surface area contributed by atoms with Gasteiger partial charge in [-0.25, -0.2) is 8.42 Å². The minimum atomic E-state index is -3.87. The van der Waals surface area contributed by atoms with Crippen molar-refractivity contribution in [2.24, 2.45) is 0 Å². The summed E-state index contributed by atoms with van der Waals surface area (Å²) in [7, 11) is -3.87. The second-order valence-corrected chi connectivity index (χ2v) is 9.35. The van der Waals surface area contributed by atoms with Crippen LogP contribution in [0.4, 0.5) is 0 Å². The van der Waals surface area contributed by atoms with Crippen molar-refractivity contribution >= 4 is 15.9 Å². The van der Waals surface area contributed by atoms with Crippen molar-refractivity contribution in [3.8, 4) is 0 Å². The lowest BCUT2D eigenvalue weighted by molar-refractivity contribution is -0.121. The first-order chi connectivity index (χ1) is 15.4. The SMILES string of the molecule is Cc1ccc(S(=O)(=O)N(CC(=O)NCCCOCc2ccccc2)Cc2ccco2)cc1. The number of nitrogens with zero attached hydrogens (tertiary/aromatic N) is 1. The second kappa shape index (κ2) is 11.6. The normalized spacial score (nSPS) is 11.6. The molecule has 7 nitrogen and oxygen atoms in total. The number of benzene rings is 2. The third kappa shape index (κ3) is 7.05. The number of sulfonamides is 1. The van der Waals surface area contributed by atoms with Gasteiger partial charge in [0.1, 0.15) is 5.76 Å². The van der Waals surface area contributed by atoms with Gasteiger partial charge in [-0.2, -0.15) is 4.31 Å². The lowest BCUT2D eigenvalue weighted by atomic mass is 10.2. The van der Waals surface area contributed by atoms with Gasteiger partial charge in [0.15, 0.2) is 0 Å². The molecule has 3 rings (SSSR count). The molecule has 0 saturated carbocycles. The molecule has 1 heterocycles. The molecule has 0 fully saturated rings. The molecule has 1 N–H and O–H groups in total. The molecule has 0 spiro atoms. The van der Waals surface area contributed by atoms with Gasteiger partial charge in [0.2, 0.25) is 15.9 Å². The molecular weight excluding hydrogens is 428 g/mol. The quantitative estimate of drug-likeness (QED) is 0.422. The average molecular weight is 457 g/mol. The van der Waals surface area contributed by atoms with E-state index < -0.39 is 10.0 Å². The van der Waals surface area contributed by atoms with Gasteiger partial charge in [-0.3, -0.25) is 4.79 Å². The van der Waals surface area contributed by atoms with E-state index in [-0.39, 0.29) is 23.9 Å². The Bertz CT molecular complexity index is 1070. The van der Waals surface area contributed by atoms with Gasteiger partial charge in [-0.1, -0.05) is 48.0 Å². The molecule has 0 bridgehead atoms. The number of ether oxygens (including phenoxy) is 1. The minimum absolute atomic E-state index is 0.0309. The summed E-state index contributed by atoms with van der Waals surface area (Å²) in [5.74, 6) is 0.0816. The average Bonchev–Trinajstić information content (AvgIpc) is 3.30. The van der Waals surface area contributed by atoms with E-state index in [1.54, 1.807) is 36.4 Å². The number of carbonyl (C=O) groups excluding carboxylic acids is 1. The fraction of sp³-hybridized carbons (Fsp3) is 0.292. The Morgan fingerprint density at radius 3 is 2.47 bits per heavy atom. The van der Waals surface area contributed by atoms with Gasteiger partial charge in [0.05, 0.1) is 30.9 Å². The summed E-state index contributed by atoms with van der Waals surface area (Å²) in [5, 5.41) is 2.77. The molecule has 1 aromatic heterocycles. The lowest BCUT2D eigenvalue weighted by Crippen LogP contribution is -2.40. The summed E-state index contributed by atoms with van der Waals surface area (Å²) in [6, 6.07) is 19.8. The number of hydrogen-bond acceptors (Lipinski definition) is 5. The van der Waals surface area contributed by atoms with E-state index in [2.05, 4.69) is 5.32 Å². The highest BCUT2D eigenvalue weighted by Gasteiger charge is 2.27. The first-order valence-electron chi connectivity index (χ1n) is 10.4. The number of amides is 1. The van der Waals surface area contributed by atoms with Crippen LogP contribution in [0.2, 0.25) is 0 Å². The zero-order chi connectivity index (χ0) is 22.8. The van der Waals surface area contributed by atoms with E-state index in [0.717, 1.165) is 15.4 Å². The predicted molar refractivity (Wildman–Crippen MR) is 121 cm³/mol. The molecule has 0 saturated heterocycles. The maximum absolute atomic E-state index is 13.1. The third-order valence-electron chi connectivity index (χ3n) is 4.79. The molecule has 3 aromatic rings. The summed E-state index contributed by atoms with van der Waals surface area (Å²) < 4.78 is 38.3. The number of aryl methyl sites for hydroxylation is 1. The number of hydrogen-bond donors (Lipinski definition) is 1. The lowest BCUT2D eigenvalue weighted by Gasteiger charge is -2.21. The fourth-order valence-corrected chi connectivity index (χ4v) is 4.41. The van der Waals surface area contributed by atoms with Crippen LogP contribution in [0.3, 0.4) is 0 Å². The Morgan fingerprint density at radius 2 is 1.78 bits per heavy atom. The van der Waals surface area contributed by atoms with Crippen molar-refractivity contribution in [2.45, 2.75) is 31.4 Å². The predicted octanol–water partition coefficient (Wildman–Crippen LogP) is 3.50. The van der Waals surface area contributed by atoms with Crippen molar-refractivity contribution < 1.29 is 22.4 Å². The Hall–Kier alpha value is -2.94. The van der Waals surface area contributed by atoms with E-state index in [1.165, 1.54) is 6.26 Å². The number of carbonyl (C=O) groups is 1. The van der Waals surface area contributed by atoms with Crippen LogP contribution in [0.15, 0.2) is 82.3 Å². The molecule has 32 heavy (non-hydrogen) atoms. The van der Waals surface area contributed by atoms with E-state index in [0.29, 0.717) is 31.9 Å². The monoisotopic (exact) mass is 456 g/mol. The largest absolute Gasteiger partial charge is 0.468 e. The van der Waals surface area contributed by atoms with Crippen molar-refractivity contribution in [2.75, 3.05) is 19.7 Å². The molecule has 1 amide bonds. The Labute approximate surface area is 189 Å². The van der Waals surface area contributed by atoms with Gasteiger partial charge in [0.25, 0.3) is 0 Å². The van der Waals surface area contributed by atoms with Crippen molar-refractivity contribution in [1.82, 2.24) is 9.62 Å². The first kappa shape index (κ1) is 23.7. The summed E-state index contributed by atoms with van der Waals surface area (Å²) in [4.78, 5) is 12.6. The molecule has 8 heteroatoms. The van der Waals surface area contributed by atoms with E-state index >= 15 is 0 Å². The maximum atomic E-state index is 13.1. The molecular formula is C24H28N2O5S. The van der Waals surface area contributed by atoms with Gasteiger partial charge >= 0.3 is 0 Å². The van der Waals surface area contributed by atoms with Crippen LogP contribution in [0.1, 0.15) is 23.3 Å². The van der Waals surface area contributed by atoms with E-state index in [9.17, 15) is 13.2 Å². The van der Waals surface area contributed by atoms with E-state index in [4.69, 9.17) is 9.15 Å². The molecule has 0 aliphatic carbocycles. The highest BCUT2D eigenvalue weighted by atomic mass is 32.2. The third-order valence-corrected chi connectivity index (χ3v) is 6.60. The zero-order valence-corrected chi connectivity index (χ0v) is 18.9. The van der Waals surface area contributed by atoms with Gasteiger partial charge in [-0.05, 0) is 43.2 Å². The molecule has 0 aliphatic heterocycles. The highest BCUT2D eigenvalue weighted by molar-refractivity contribution is 7.89. The summed E-state index contributed by atoms with van der Waals surface area (Å²) in [6.45, 7) is 2.95. The summed E-state index contributed by atoms with van der Waals surface area (Å²) in [5.41, 5.74) is 2.04. The van der Waals surface area contributed by atoms with Crippen molar-refractivity contribution in [3.05, 3.63) is 89.9 Å². The van der Waals surface area contributed by atoms with Crippen LogP contribution in [0.5, 0.6) is 0 Å². The molecule has 0 unspecified atom stereocenters. The molecule has 2 aromatic carbocycles. The van der Waals surface area contributed by atoms with Gasteiger partial charge in [0, 0.05) is 13.2 Å². The van der Waals surface area contributed by atoms with Crippen LogP contribution in [0.25, 0.3) is 0 Å². The standard InChI is InChI=1S/C24H28N2O5S/c1-20-10-12-23(13-11-20)32(28,29)26(17-22-9-5-16-31-22)18-24(27)25-14-6-15-30-19-21-7-3-2-4-8-21/h2-5,7-13,16H,6,14-15,17-19H2,1H3,(H,25,27). The molecule has 0 radical (unpaired) electrons. The van der Waals surface area contributed by atoms with Crippen LogP contribution < -0.4 is 5.32 Å². The van der Waals surface area contributed by atoms with Crippen LogP contribution in [0, 0.1) is 6.92 Å². The van der Waals surface area contributed by atoms with Crippen LogP contribution in [-0.2, 0) is 32.7 Å². The van der Waals surface area contributed by atoms with Gasteiger partial charge in [-0.15, -0.1) is 0 Å². The van der Waals surface area contributed by atoms with Gasteiger partial charge < -0.3 is 14.5 Å². The fourth-order valence-electron chi connectivity index (χ4n) is 3.04. The zero-order valence-electron chi connectivity index (χ0n) is 18.1. The highest BCUT2D eigenvalue weighted by Crippen LogP contribution is 2.19.